The van der Waals surface area contributed by atoms with Gasteiger partial charge in [0.15, 0.2) is 0 Å². The van der Waals surface area contributed by atoms with Gasteiger partial charge in [-0.3, -0.25) is 0 Å². The third kappa shape index (κ3) is 17.4. The van der Waals surface area contributed by atoms with Crippen LogP contribution in [0.4, 0.5) is 56.9 Å². The molecule has 0 fully saturated rings. The molecule has 5 nitrogen and oxygen atoms in total. The molecule has 23 aromatic carbocycles. The van der Waals surface area contributed by atoms with Crippen molar-refractivity contribution in [2.75, 3.05) is 59.7 Å². The third-order valence-electron chi connectivity index (χ3n) is 24.9. The minimum atomic E-state index is 1.19. The van der Waals surface area contributed by atoms with Crippen molar-refractivity contribution in [3.05, 3.63) is 497 Å². The molecule has 0 saturated heterocycles. The topological polar surface area (TPSA) is 16.2 Å². The van der Waals surface area contributed by atoms with E-state index in [2.05, 4.69) is 545 Å². The smallest absolute Gasteiger partial charge is 0.0487 e. The average Bonchev–Trinajstić information content (AvgIpc) is 0.799. The van der Waals surface area contributed by atoms with Crippen molar-refractivity contribution < 1.29 is 0 Å². The van der Waals surface area contributed by atoms with Crippen molar-refractivity contribution in [2.24, 2.45) is 0 Å². The number of benzene rings is 23. The first kappa shape index (κ1) is 81.3. The van der Waals surface area contributed by atoms with E-state index in [4.69, 9.17) is 0 Å². The van der Waals surface area contributed by atoms with Crippen molar-refractivity contribution in [3.63, 3.8) is 0 Å². The van der Waals surface area contributed by atoms with E-state index in [0.29, 0.717) is 0 Å². The Morgan fingerprint density at radius 3 is 0.688 bits per heavy atom. The van der Waals surface area contributed by atoms with Gasteiger partial charge in [-0.05, 0) is 240 Å². The van der Waals surface area contributed by atoms with E-state index in [1.807, 2.05) is 12.1 Å². The van der Waals surface area contributed by atoms with E-state index in [1.54, 1.807) is 0 Å². The second kappa shape index (κ2) is 37.4. The van der Waals surface area contributed by atoms with Gasteiger partial charge in [-0.25, -0.2) is 0 Å². The van der Waals surface area contributed by atoms with Crippen molar-refractivity contribution in [1.29, 1.82) is 0 Å². The molecular weight excluding hydrogens is 1550 g/mol. The van der Waals surface area contributed by atoms with Crippen molar-refractivity contribution >= 4 is 165 Å². The Morgan fingerprint density at radius 2 is 0.328 bits per heavy atom. The molecule has 128 heavy (non-hydrogen) atoms. The van der Waals surface area contributed by atoms with Gasteiger partial charge < -0.3 is 24.5 Å². The summed E-state index contributed by atoms with van der Waals surface area (Å²) in [5.74, 6) is 0. The van der Waals surface area contributed by atoms with E-state index in [0.717, 1.165) is 0 Å². The van der Waals surface area contributed by atoms with E-state index in [-0.39, 0.29) is 0 Å². The van der Waals surface area contributed by atoms with Crippen LogP contribution < -0.4 is 24.5 Å². The summed E-state index contributed by atoms with van der Waals surface area (Å²) in [4.78, 5) is 11.3. The molecule has 0 bridgehead atoms. The number of anilines is 10. The number of fused-ring (bicyclic) bond motifs is 14. The lowest BCUT2D eigenvalue weighted by molar-refractivity contribution is 1.21. The molecule has 0 aliphatic heterocycles. The lowest BCUT2D eigenvalue weighted by Gasteiger charge is -2.23. The molecule has 614 valence electrons. The van der Waals surface area contributed by atoms with Gasteiger partial charge in [0.1, 0.15) is 0 Å². The molecule has 0 unspecified atom stereocenters. The molecule has 0 amide bonds. The Kier molecular flexibility index (Phi) is 23.8. The molecule has 0 aliphatic carbocycles. The summed E-state index contributed by atoms with van der Waals surface area (Å²) in [5, 5.41) is 25.8. The summed E-state index contributed by atoms with van der Waals surface area (Å²) in [6.07, 6.45) is 0. The third-order valence-corrected chi connectivity index (χ3v) is 24.9. The van der Waals surface area contributed by atoms with E-state index >= 15 is 0 Å². The van der Waals surface area contributed by atoms with E-state index in [1.165, 1.54) is 198 Å². The van der Waals surface area contributed by atoms with Crippen LogP contribution in [0.1, 0.15) is 0 Å². The zero-order chi connectivity index (χ0) is 86.7. The number of hydrogen-bond acceptors (Lipinski definition) is 5. The van der Waals surface area contributed by atoms with Gasteiger partial charge in [-0.2, -0.15) is 0 Å². The normalized spacial score (nSPS) is 11.0. The maximum Gasteiger partial charge on any atom is 0.0487 e. The highest BCUT2D eigenvalue weighted by Crippen LogP contribution is 2.42. The van der Waals surface area contributed by atoms with Gasteiger partial charge in [-0.1, -0.05) is 382 Å². The molecular formula is C123H97N5. The number of rotatable bonds is 13. The SMILES string of the molecule is CN(c1ccc2c(ccc3ccccc32)c1)c1ccccc1-c1ccccc1.CN(c1ccc2cc3ccccc3cc2c1)c1ccccc1-c1ccccc1.CN(c1ccc2ccc3ccccc3c2c1)c1ccccc1-c1ccccc1.CN(c1ccccc1)c1ccc2c(ccc3ccccc32)c1.CN(c1ccccc1)c1ccc2ccc3ccccc3c2c1. The summed E-state index contributed by atoms with van der Waals surface area (Å²) >= 11 is 0. The molecule has 0 atom stereocenters. The predicted molar refractivity (Wildman–Crippen MR) is 556 cm³/mol. The Morgan fingerprint density at radius 1 is 0.117 bits per heavy atom. The highest BCUT2D eigenvalue weighted by Gasteiger charge is 2.18. The van der Waals surface area contributed by atoms with Crippen LogP contribution in [-0.2, 0) is 0 Å². The first-order valence-corrected chi connectivity index (χ1v) is 43.9. The first-order valence-electron chi connectivity index (χ1n) is 43.9. The van der Waals surface area contributed by atoms with Gasteiger partial charge >= 0.3 is 0 Å². The van der Waals surface area contributed by atoms with Crippen LogP contribution in [-0.4, -0.2) is 35.2 Å². The molecule has 0 saturated carbocycles. The molecule has 23 aromatic rings. The summed E-state index contributed by atoms with van der Waals surface area (Å²) in [6.45, 7) is 0. The maximum atomic E-state index is 2.30. The summed E-state index contributed by atoms with van der Waals surface area (Å²) < 4.78 is 0. The van der Waals surface area contributed by atoms with Gasteiger partial charge in [0.2, 0.25) is 0 Å². The number of hydrogen-bond donors (Lipinski definition) is 0. The molecule has 5 heteroatoms. The highest BCUT2D eigenvalue weighted by molar-refractivity contribution is 6.12. The van der Waals surface area contributed by atoms with Crippen molar-refractivity contribution in [3.8, 4) is 33.4 Å². The van der Waals surface area contributed by atoms with E-state index in [9.17, 15) is 0 Å². The predicted octanol–water partition coefficient (Wildman–Crippen LogP) is 33.8. The number of nitrogens with zero attached hydrogens (tertiary/aromatic N) is 5. The molecule has 0 aromatic heterocycles. The Labute approximate surface area is 750 Å². The summed E-state index contributed by atoms with van der Waals surface area (Å²) in [7, 11) is 10.7. The first-order chi connectivity index (χ1) is 63.1. The molecule has 0 radical (unpaired) electrons. The van der Waals surface area contributed by atoms with Crippen molar-refractivity contribution in [2.45, 2.75) is 0 Å². The lowest BCUT2D eigenvalue weighted by atomic mass is 10.00. The molecule has 0 spiro atoms. The van der Waals surface area contributed by atoms with Gasteiger partial charge in [-0.15, -0.1) is 0 Å². The number of para-hydroxylation sites is 5. The van der Waals surface area contributed by atoms with Gasteiger partial charge in [0.05, 0.1) is 0 Å². The molecule has 0 aliphatic rings. The van der Waals surface area contributed by atoms with Crippen LogP contribution in [0.2, 0.25) is 0 Å². The van der Waals surface area contributed by atoms with Crippen LogP contribution >= 0.6 is 0 Å². The summed E-state index contributed by atoms with van der Waals surface area (Å²) in [5.41, 5.74) is 19.4. The standard InChI is InChI=1S/3C27H21N.2C21H17N/c1-28(27-14-8-7-13-26(27)20-9-3-2-4-10-20)25-16-15-23-17-21-11-5-6-12-22(21)18-24(23)19-25;1-28(27-14-8-7-13-26(27)20-9-3-2-4-10-20)23-17-18-25-22(19-23)16-15-21-11-5-6-12-24(21)25;1-28(27-14-8-7-13-25(27)20-9-3-2-4-10-20)23-18-17-22-16-15-21-11-5-6-12-24(21)26(22)19-23;1-22(18-8-3-2-4-9-18)19-13-14-21-17(15-19)12-11-16-7-5-6-10-20(16)21;1-22(18-8-3-2-4-9-18)19-14-13-17-12-11-16-7-5-6-10-20(16)21(17)15-19/h3*2-19H,1H3;2*2-15H,1H3. The van der Waals surface area contributed by atoms with Crippen LogP contribution in [0.5, 0.6) is 0 Å². The molecule has 0 heterocycles. The Balaban J connectivity index is 0.000000105. The zero-order valence-corrected chi connectivity index (χ0v) is 72.6. The van der Waals surface area contributed by atoms with Crippen LogP contribution in [0.3, 0.4) is 0 Å². The fraction of sp³-hybridized carbons (Fsp3) is 0.0407. The Hall–Kier alpha value is -16.3. The average molecular weight is 1650 g/mol. The molecule has 0 N–H and O–H groups in total. The van der Waals surface area contributed by atoms with Gasteiger partial charge in [0.25, 0.3) is 0 Å². The van der Waals surface area contributed by atoms with E-state index < -0.39 is 0 Å². The van der Waals surface area contributed by atoms with Crippen LogP contribution in [0, 0.1) is 0 Å². The van der Waals surface area contributed by atoms with Gasteiger partial charge in [0, 0.05) is 109 Å². The minimum Gasteiger partial charge on any atom is -0.345 e. The lowest BCUT2D eigenvalue weighted by Crippen LogP contribution is -2.10. The fourth-order valence-electron chi connectivity index (χ4n) is 17.9. The fourth-order valence-corrected chi connectivity index (χ4v) is 17.9. The summed E-state index contributed by atoms with van der Waals surface area (Å²) in [6, 6.07) is 177. The minimum absolute atomic E-state index is 1.19. The second-order valence-electron chi connectivity index (χ2n) is 32.6. The second-order valence-corrected chi connectivity index (χ2v) is 32.6. The van der Waals surface area contributed by atoms with Crippen LogP contribution in [0.15, 0.2) is 497 Å². The Bertz CT molecular complexity index is 7740. The van der Waals surface area contributed by atoms with Crippen LogP contribution in [0.25, 0.3) is 141 Å². The quantitative estimate of drug-likeness (QED) is 0.0842. The zero-order valence-electron chi connectivity index (χ0n) is 72.6. The maximum absolute atomic E-state index is 2.30. The molecule has 23 rings (SSSR count). The van der Waals surface area contributed by atoms with Crippen molar-refractivity contribution in [1.82, 2.24) is 0 Å². The largest absolute Gasteiger partial charge is 0.345 e. The highest BCUT2D eigenvalue weighted by atomic mass is 15.1. The monoisotopic (exact) mass is 1640 g/mol.